The number of amides is 1. The second-order valence-corrected chi connectivity index (χ2v) is 6.87. The van der Waals surface area contributed by atoms with Crippen molar-refractivity contribution in [2.45, 2.75) is 18.7 Å². The van der Waals surface area contributed by atoms with Crippen LogP contribution in [0.5, 0.6) is 0 Å². The van der Waals surface area contributed by atoms with Crippen molar-refractivity contribution in [2.75, 3.05) is 12.4 Å². The number of sulfonamides is 1. The summed E-state index contributed by atoms with van der Waals surface area (Å²) in [7, 11) is -2.12. The van der Waals surface area contributed by atoms with Crippen LogP contribution in [0.25, 0.3) is 0 Å². The molecule has 0 saturated heterocycles. The predicted octanol–water partition coefficient (Wildman–Crippen LogP) is 2.46. The largest absolute Gasteiger partial charge is 0.322 e. The molecule has 0 aliphatic heterocycles. The molecule has 0 radical (unpaired) electrons. The molecule has 0 atom stereocenters. The van der Waals surface area contributed by atoms with Gasteiger partial charge in [-0.1, -0.05) is 6.07 Å². The molecule has 2 rings (SSSR count). The molecule has 0 spiro atoms. The Balaban J connectivity index is 2.17. The third kappa shape index (κ3) is 3.52. The first-order chi connectivity index (χ1) is 10.3. The van der Waals surface area contributed by atoms with Gasteiger partial charge in [-0.15, -0.1) is 0 Å². The Labute approximate surface area is 130 Å². The summed E-state index contributed by atoms with van der Waals surface area (Å²) < 4.78 is 25.5. The summed E-state index contributed by atoms with van der Waals surface area (Å²) in [6, 6.07) is 11.5. The average molecular weight is 318 g/mol. The molecular formula is C16H18N2O3S. The summed E-state index contributed by atoms with van der Waals surface area (Å²) in [5, 5.41) is 2.75. The molecular weight excluding hydrogens is 300 g/mol. The lowest BCUT2D eigenvalue weighted by Crippen LogP contribution is -2.18. The van der Waals surface area contributed by atoms with Gasteiger partial charge in [0.15, 0.2) is 0 Å². The molecule has 5 nitrogen and oxygen atoms in total. The second kappa shape index (κ2) is 6.29. The van der Waals surface area contributed by atoms with Gasteiger partial charge in [0, 0.05) is 11.3 Å². The molecule has 0 aliphatic rings. The van der Waals surface area contributed by atoms with Crippen molar-refractivity contribution in [2.24, 2.45) is 0 Å². The number of rotatable bonds is 4. The maximum atomic E-state index is 12.2. The first kappa shape index (κ1) is 16.2. The van der Waals surface area contributed by atoms with Crippen LogP contribution in [0, 0.1) is 13.8 Å². The van der Waals surface area contributed by atoms with Crippen molar-refractivity contribution in [1.29, 1.82) is 0 Å². The SMILES string of the molecule is CNS(=O)(=O)c1ccc(NC(=O)c2ccc(C)c(C)c2)cc1. The second-order valence-electron chi connectivity index (χ2n) is 4.99. The Morgan fingerprint density at radius 2 is 1.59 bits per heavy atom. The highest BCUT2D eigenvalue weighted by molar-refractivity contribution is 7.89. The summed E-state index contributed by atoms with van der Waals surface area (Å²) >= 11 is 0. The highest BCUT2D eigenvalue weighted by atomic mass is 32.2. The van der Waals surface area contributed by atoms with Crippen molar-refractivity contribution in [3.05, 3.63) is 59.2 Å². The van der Waals surface area contributed by atoms with Gasteiger partial charge in [0.05, 0.1) is 4.90 Å². The first-order valence-electron chi connectivity index (χ1n) is 6.76. The van der Waals surface area contributed by atoms with E-state index in [1.54, 1.807) is 18.2 Å². The minimum Gasteiger partial charge on any atom is -0.322 e. The van der Waals surface area contributed by atoms with Crippen molar-refractivity contribution in [3.8, 4) is 0 Å². The van der Waals surface area contributed by atoms with Crippen LogP contribution < -0.4 is 10.0 Å². The number of carbonyl (C=O) groups excluding carboxylic acids is 1. The summed E-state index contributed by atoms with van der Waals surface area (Å²) in [6.07, 6.45) is 0. The number of nitrogens with one attached hydrogen (secondary N) is 2. The number of anilines is 1. The topological polar surface area (TPSA) is 75.3 Å². The van der Waals surface area contributed by atoms with Gasteiger partial charge in [-0.05, 0) is 68.4 Å². The van der Waals surface area contributed by atoms with E-state index in [-0.39, 0.29) is 10.8 Å². The number of benzene rings is 2. The maximum Gasteiger partial charge on any atom is 0.255 e. The highest BCUT2D eigenvalue weighted by Gasteiger charge is 2.11. The van der Waals surface area contributed by atoms with Crippen molar-refractivity contribution >= 4 is 21.6 Å². The summed E-state index contributed by atoms with van der Waals surface area (Å²) in [5.41, 5.74) is 3.27. The molecule has 0 unspecified atom stereocenters. The molecule has 2 N–H and O–H groups in total. The molecule has 0 fully saturated rings. The quantitative estimate of drug-likeness (QED) is 0.909. The number of hydrogen-bond donors (Lipinski definition) is 2. The van der Waals surface area contributed by atoms with E-state index in [0.717, 1.165) is 11.1 Å². The zero-order chi connectivity index (χ0) is 16.3. The number of hydrogen-bond acceptors (Lipinski definition) is 3. The molecule has 0 bridgehead atoms. The van der Waals surface area contributed by atoms with Gasteiger partial charge in [-0.25, -0.2) is 13.1 Å². The molecule has 1 amide bonds. The summed E-state index contributed by atoms with van der Waals surface area (Å²) in [4.78, 5) is 12.3. The standard InChI is InChI=1S/C16H18N2O3S/c1-11-4-5-13(10-12(11)2)16(19)18-14-6-8-15(9-7-14)22(20,21)17-3/h4-10,17H,1-3H3,(H,18,19). The monoisotopic (exact) mass is 318 g/mol. The van der Waals surface area contributed by atoms with Gasteiger partial charge in [-0.2, -0.15) is 0 Å². The van der Waals surface area contributed by atoms with E-state index in [9.17, 15) is 13.2 Å². The van der Waals surface area contributed by atoms with Crippen molar-refractivity contribution in [3.63, 3.8) is 0 Å². The fraction of sp³-hybridized carbons (Fsp3) is 0.188. The molecule has 0 aliphatic carbocycles. The molecule has 6 heteroatoms. The van der Waals surface area contributed by atoms with Gasteiger partial charge in [0.1, 0.15) is 0 Å². The van der Waals surface area contributed by atoms with Crippen LogP contribution in [-0.4, -0.2) is 21.4 Å². The summed E-state index contributed by atoms with van der Waals surface area (Å²) in [6.45, 7) is 3.93. The Kier molecular flexibility index (Phi) is 4.63. The minimum atomic E-state index is -3.47. The zero-order valence-electron chi connectivity index (χ0n) is 12.7. The molecule has 0 aromatic heterocycles. The lowest BCUT2D eigenvalue weighted by Gasteiger charge is -2.08. The van der Waals surface area contributed by atoms with Crippen molar-refractivity contribution < 1.29 is 13.2 Å². The molecule has 0 heterocycles. The van der Waals surface area contributed by atoms with E-state index in [1.807, 2.05) is 26.0 Å². The lowest BCUT2D eigenvalue weighted by atomic mass is 10.1. The Morgan fingerprint density at radius 3 is 2.14 bits per heavy atom. The van der Waals surface area contributed by atoms with Gasteiger partial charge in [0.2, 0.25) is 10.0 Å². The van der Waals surface area contributed by atoms with E-state index in [2.05, 4.69) is 10.0 Å². The third-order valence-electron chi connectivity index (χ3n) is 3.46. The lowest BCUT2D eigenvalue weighted by molar-refractivity contribution is 0.102. The van der Waals surface area contributed by atoms with Gasteiger partial charge in [-0.3, -0.25) is 4.79 Å². The fourth-order valence-corrected chi connectivity index (χ4v) is 2.65. The van der Waals surface area contributed by atoms with E-state index in [4.69, 9.17) is 0 Å². The van der Waals surface area contributed by atoms with Gasteiger partial charge in [0.25, 0.3) is 5.91 Å². The molecule has 2 aromatic carbocycles. The van der Waals surface area contributed by atoms with Crippen LogP contribution in [0.1, 0.15) is 21.5 Å². The van der Waals surface area contributed by atoms with Crippen LogP contribution in [-0.2, 0) is 10.0 Å². The first-order valence-corrected chi connectivity index (χ1v) is 8.24. The van der Waals surface area contributed by atoms with E-state index in [0.29, 0.717) is 11.3 Å². The maximum absolute atomic E-state index is 12.2. The fourth-order valence-electron chi connectivity index (χ4n) is 1.92. The van der Waals surface area contributed by atoms with E-state index in [1.165, 1.54) is 19.2 Å². The van der Waals surface area contributed by atoms with Crippen LogP contribution in [0.4, 0.5) is 5.69 Å². The number of aryl methyl sites for hydroxylation is 2. The van der Waals surface area contributed by atoms with E-state index >= 15 is 0 Å². The molecule has 0 saturated carbocycles. The van der Waals surface area contributed by atoms with Crippen LogP contribution in [0.2, 0.25) is 0 Å². The molecule has 116 valence electrons. The molecule has 22 heavy (non-hydrogen) atoms. The van der Waals surface area contributed by atoms with Crippen molar-refractivity contribution in [1.82, 2.24) is 4.72 Å². The van der Waals surface area contributed by atoms with Crippen LogP contribution in [0.3, 0.4) is 0 Å². The molecule has 2 aromatic rings. The minimum absolute atomic E-state index is 0.152. The summed E-state index contributed by atoms with van der Waals surface area (Å²) in [5.74, 6) is -0.229. The van der Waals surface area contributed by atoms with Crippen LogP contribution >= 0.6 is 0 Å². The Hall–Kier alpha value is -2.18. The predicted molar refractivity (Wildman–Crippen MR) is 86.6 cm³/mol. The third-order valence-corrected chi connectivity index (χ3v) is 4.89. The normalized spacial score (nSPS) is 11.2. The average Bonchev–Trinajstić information content (AvgIpc) is 2.50. The van der Waals surface area contributed by atoms with Gasteiger partial charge >= 0.3 is 0 Å². The van der Waals surface area contributed by atoms with Gasteiger partial charge < -0.3 is 5.32 Å². The number of carbonyl (C=O) groups is 1. The van der Waals surface area contributed by atoms with Crippen LogP contribution in [0.15, 0.2) is 47.4 Å². The zero-order valence-corrected chi connectivity index (χ0v) is 13.5. The Morgan fingerprint density at radius 1 is 0.955 bits per heavy atom. The smallest absolute Gasteiger partial charge is 0.255 e. The Bertz CT molecular complexity index is 797. The highest BCUT2D eigenvalue weighted by Crippen LogP contribution is 2.16. The van der Waals surface area contributed by atoms with E-state index < -0.39 is 10.0 Å².